The van der Waals surface area contributed by atoms with Crippen molar-refractivity contribution in [3.05, 3.63) is 52.5 Å². The number of nitrogens with two attached hydrogens (primary N) is 1. The quantitative estimate of drug-likeness (QED) is 0.503. The zero-order valence-corrected chi connectivity index (χ0v) is 15.5. The van der Waals surface area contributed by atoms with E-state index in [1.807, 2.05) is 19.1 Å². The molecule has 1 aliphatic heterocycles. The second-order valence-electron chi connectivity index (χ2n) is 5.93. The number of pyridine rings is 2. The average Bonchev–Trinajstić information content (AvgIpc) is 2.64. The molecule has 1 saturated heterocycles. The fourth-order valence-electron chi connectivity index (χ4n) is 3.24. The minimum absolute atomic E-state index is 0.0403. The van der Waals surface area contributed by atoms with E-state index in [1.165, 1.54) is 0 Å². The van der Waals surface area contributed by atoms with Crippen molar-refractivity contribution in [2.24, 2.45) is 10.9 Å². The first kappa shape index (κ1) is 17.9. The van der Waals surface area contributed by atoms with Gasteiger partial charge in [0.25, 0.3) is 0 Å². The maximum atomic E-state index is 6.29. The van der Waals surface area contributed by atoms with E-state index in [4.69, 9.17) is 29.0 Å². The van der Waals surface area contributed by atoms with Gasteiger partial charge in [-0.3, -0.25) is 14.9 Å². The number of nitrogens with zero attached hydrogens (tertiary/aromatic N) is 5. The van der Waals surface area contributed by atoms with Gasteiger partial charge < -0.3 is 10.7 Å². The smallest absolute Gasteiger partial charge is 0.0838 e. The second-order valence-corrected chi connectivity index (χ2v) is 6.74. The number of rotatable bonds is 4. The van der Waals surface area contributed by atoms with E-state index in [9.17, 15) is 0 Å². The van der Waals surface area contributed by atoms with E-state index in [2.05, 4.69) is 24.9 Å². The van der Waals surface area contributed by atoms with Gasteiger partial charge in [-0.25, -0.2) is 0 Å². The van der Waals surface area contributed by atoms with Crippen LogP contribution in [0.2, 0.25) is 10.0 Å². The van der Waals surface area contributed by atoms with Crippen LogP contribution in [-0.2, 0) is 0 Å². The summed E-state index contributed by atoms with van der Waals surface area (Å²) in [7, 11) is 0. The Labute approximate surface area is 157 Å². The van der Waals surface area contributed by atoms with Crippen molar-refractivity contribution in [2.75, 3.05) is 31.1 Å². The van der Waals surface area contributed by atoms with Crippen molar-refractivity contribution in [3.63, 3.8) is 0 Å². The molecule has 2 N–H and O–H groups in total. The first-order chi connectivity index (χ1) is 12.1. The molecule has 3 heterocycles. The summed E-state index contributed by atoms with van der Waals surface area (Å²) >= 11 is 12.6. The molecule has 0 aromatic carbocycles. The molecule has 25 heavy (non-hydrogen) atoms. The van der Waals surface area contributed by atoms with Gasteiger partial charge in [-0.15, -0.1) is 0 Å². The van der Waals surface area contributed by atoms with Crippen molar-refractivity contribution in [1.82, 2.24) is 14.9 Å². The normalized spacial score (nSPS) is 17.6. The van der Waals surface area contributed by atoms with E-state index >= 15 is 0 Å². The molecule has 0 amide bonds. The third-order valence-electron chi connectivity index (χ3n) is 4.45. The Morgan fingerprint density at radius 3 is 2.24 bits per heavy atom. The number of halogens is 2. The molecule has 0 bridgehead atoms. The topological polar surface area (TPSA) is 70.6 Å². The van der Waals surface area contributed by atoms with Gasteiger partial charge in [0, 0.05) is 51.0 Å². The Hall–Kier alpha value is -1.89. The molecule has 1 fully saturated rings. The zero-order valence-electron chi connectivity index (χ0n) is 13.9. The fraction of sp³-hybridized carbons (Fsp3) is 0.353. The lowest BCUT2D eigenvalue weighted by atomic mass is 10.0. The van der Waals surface area contributed by atoms with Crippen LogP contribution in [-0.4, -0.2) is 46.8 Å². The number of hydrogen-bond donors (Lipinski definition) is 1. The molecule has 1 aliphatic rings. The number of hydrogen-bond acceptors (Lipinski definition) is 6. The average molecular weight is 379 g/mol. The van der Waals surface area contributed by atoms with Crippen LogP contribution in [0, 0.1) is 0 Å². The SMILES string of the molecule is C/C(=N\N)C(c1ccncc1)N1CCN(c2c(Cl)cncc2Cl)CC1. The summed E-state index contributed by atoms with van der Waals surface area (Å²) in [6.07, 6.45) is 6.83. The maximum absolute atomic E-state index is 6.29. The minimum Gasteiger partial charge on any atom is -0.366 e. The summed E-state index contributed by atoms with van der Waals surface area (Å²) in [6, 6.07) is 4.04. The molecule has 2 aromatic heterocycles. The maximum Gasteiger partial charge on any atom is 0.0838 e. The summed E-state index contributed by atoms with van der Waals surface area (Å²) in [5.74, 6) is 5.57. The first-order valence-electron chi connectivity index (χ1n) is 8.04. The van der Waals surface area contributed by atoms with Crippen LogP contribution in [0.15, 0.2) is 42.0 Å². The molecule has 0 radical (unpaired) electrons. The molecule has 6 nitrogen and oxygen atoms in total. The predicted molar refractivity (Wildman–Crippen MR) is 102 cm³/mol. The van der Waals surface area contributed by atoms with Gasteiger partial charge in [0.2, 0.25) is 0 Å². The molecule has 1 atom stereocenters. The Morgan fingerprint density at radius 1 is 1.08 bits per heavy atom. The van der Waals surface area contributed by atoms with Crippen LogP contribution in [0.5, 0.6) is 0 Å². The van der Waals surface area contributed by atoms with Crippen LogP contribution < -0.4 is 10.7 Å². The summed E-state index contributed by atoms with van der Waals surface area (Å²) in [5.41, 5.74) is 2.86. The van der Waals surface area contributed by atoms with Gasteiger partial charge >= 0.3 is 0 Å². The monoisotopic (exact) mass is 378 g/mol. The number of hydrazone groups is 1. The molecular weight excluding hydrogens is 359 g/mol. The van der Waals surface area contributed by atoms with Gasteiger partial charge in [0.1, 0.15) is 0 Å². The van der Waals surface area contributed by atoms with Crippen LogP contribution in [0.1, 0.15) is 18.5 Å². The van der Waals surface area contributed by atoms with Gasteiger partial charge in [0.15, 0.2) is 0 Å². The van der Waals surface area contributed by atoms with Crippen molar-refractivity contribution in [3.8, 4) is 0 Å². The number of anilines is 1. The Bertz CT molecular complexity index is 724. The molecule has 0 aliphatic carbocycles. The van der Waals surface area contributed by atoms with E-state index in [1.54, 1.807) is 24.8 Å². The number of aromatic nitrogens is 2. The van der Waals surface area contributed by atoms with Gasteiger partial charge in [-0.2, -0.15) is 5.10 Å². The fourth-order valence-corrected chi connectivity index (χ4v) is 3.85. The van der Waals surface area contributed by atoms with Crippen molar-refractivity contribution < 1.29 is 0 Å². The Morgan fingerprint density at radius 2 is 1.68 bits per heavy atom. The molecule has 3 rings (SSSR count). The van der Waals surface area contributed by atoms with E-state index in [-0.39, 0.29) is 6.04 Å². The van der Waals surface area contributed by atoms with Gasteiger partial charge in [-0.05, 0) is 24.6 Å². The highest BCUT2D eigenvalue weighted by Crippen LogP contribution is 2.34. The van der Waals surface area contributed by atoms with Gasteiger partial charge in [-0.1, -0.05) is 23.2 Å². The molecule has 0 spiro atoms. The summed E-state index contributed by atoms with van der Waals surface area (Å²) in [6.45, 7) is 5.25. The molecule has 0 saturated carbocycles. The molecule has 1 unspecified atom stereocenters. The highest BCUT2D eigenvalue weighted by Gasteiger charge is 2.28. The van der Waals surface area contributed by atoms with Crippen molar-refractivity contribution in [2.45, 2.75) is 13.0 Å². The largest absolute Gasteiger partial charge is 0.366 e. The van der Waals surface area contributed by atoms with E-state index in [0.717, 1.165) is 43.1 Å². The lowest BCUT2D eigenvalue weighted by molar-refractivity contribution is 0.228. The minimum atomic E-state index is 0.0403. The predicted octanol–water partition coefficient (Wildman–Crippen LogP) is 2.98. The highest BCUT2D eigenvalue weighted by atomic mass is 35.5. The first-order valence-corrected chi connectivity index (χ1v) is 8.79. The van der Waals surface area contributed by atoms with Crippen LogP contribution >= 0.6 is 23.2 Å². The molecular formula is C17H20Cl2N6. The third kappa shape index (κ3) is 3.86. The lowest BCUT2D eigenvalue weighted by Gasteiger charge is -2.40. The van der Waals surface area contributed by atoms with Crippen LogP contribution in [0.4, 0.5) is 5.69 Å². The zero-order chi connectivity index (χ0) is 17.8. The van der Waals surface area contributed by atoms with Crippen LogP contribution in [0.3, 0.4) is 0 Å². The molecule has 8 heteroatoms. The van der Waals surface area contributed by atoms with Crippen LogP contribution in [0.25, 0.3) is 0 Å². The molecule has 132 valence electrons. The highest BCUT2D eigenvalue weighted by molar-refractivity contribution is 6.38. The summed E-state index contributed by atoms with van der Waals surface area (Å²) in [5, 5.41) is 5.09. The third-order valence-corrected chi connectivity index (χ3v) is 5.00. The summed E-state index contributed by atoms with van der Waals surface area (Å²) in [4.78, 5) is 12.7. The Balaban J connectivity index is 1.78. The summed E-state index contributed by atoms with van der Waals surface area (Å²) < 4.78 is 0. The molecule has 2 aromatic rings. The van der Waals surface area contributed by atoms with Crippen molar-refractivity contribution >= 4 is 34.6 Å². The van der Waals surface area contributed by atoms with E-state index in [0.29, 0.717) is 10.0 Å². The number of piperazine rings is 1. The lowest BCUT2D eigenvalue weighted by Crippen LogP contribution is -2.49. The van der Waals surface area contributed by atoms with E-state index < -0.39 is 0 Å². The second kappa shape index (κ2) is 7.99. The van der Waals surface area contributed by atoms with Crippen molar-refractivity contribution in [1.29, 1.82) is 0 Å². The standard InChI is InChI=1S/C17H20Cl2N6/c1-12(23-20)16(13-2-4-21-5-3-13)24-6-8-25(9-7-24)17-14(18)10-22-11-15(17)19/h2-5,10-11,16H,6-9,20H2,1H3/b23-12+. The van der Waals surface area contributed by atoms with Gasteiger partial charge in [0.05, 0.1) is 27.5 Å². The Kier molecular flexibility index (Phi) is 5.73.